The standard InChI is InChI=1S/C40H43ClN4O5/c1-48-38-36-26-44(47)35-15-9-8-14-29(35)25-43(36)27-37(38)50-23-11-4-2-3-10-22-49-32-19-17-31(18-20-32)45-39(28-12-6-5-7-13-28)42-34-21-16-30(41)24-33(34)40(45)46/h5-7,12-13,15-21,24,26,29,37H,2-4,8-11,14,22-23,25,27H2,1H3/t29-,37?/m1/s1. The highest BCUT2D eigenvalue weighted by Crippen LogP contribution is 2.34. The number of rotatable bonds is 13. The van der Waals surface area contributed by atoms with E-state index in [1.54, 1.807) is 36.1 Å². The SMILES string of the molecule is COC1=C2C=[N+]([O-])C3=CCCC[C@@H]3CN2CC1OCCCCCCCOc1ccc(-n2c(-c3ccccc3)nc3ccc(Cl)cc3c2=O)cc1. The molecule has 10 heteroatoms. The number of hydrogen-bond acceptors (Lipinski definition) is 7. The first-order chi connectivity index (χ1) is 24.5. The zero-order valence-electron chi connectivity index (χ0n) is 28.4. The Hall–Kier alpha value is -4.60. The second-order valence-electron chi connectivity index (χ2n) is 13.1. The Morgan fingerprint density at radius 3 is 2.54 bits per heavy atom. The maximum atomic E-state index is 13.7. The molecular weight excluding hydrogens is 652 g/mol. The van der Waals surface area contributed by atoms with E-state index in [9.17, 15) is 10.0 Å². The average Bonchev–Trinajstić information content (AvgIpc) is 3.39. The van der Waals surface area contributed by atoms with E-state index in [1.165, 1.54) is 0 Å². The van der Waals surface area contributed by atoms with Gasteiger partial charge in [-0.05, 0) is 80.6 Å². The van der Waals surface area contributed by atoms with Crippen molar-refractivity contribution in [1.29, 1.82) is 0 Å². The number of nitrogens with zero attached hydrogens (tertiary/aromatic N) is 4. The molecule has 9 nitrogen and oxygen atoms in total. The van der Waals surface area contributed by atoms with E-state index < -0.39 is 0 Å². The van der Waals surface area contributed by atoms with Crippen LogP contribution in [0.1, 0.15) is 51.4 Å². The smallest absolute Gasteiger partial charge is 0.266 e. The quantitative estimate of drug-likeness (QED) is 0.0799. The van der Waals surface area contributed by atoms with E-state index in [2.05, 4.69) is 11.0 Å². The molecule has 4 aromatic rings. The third-order valence-corrected chi connectivity index (χ3v) is 10.0. The van der Waals surface area contributed by atoms with Crippen LogP contribution in [0.25, 0.3) is 28.0 Å². The van der Waals surface area contributed by atoms with E-state index in [0.717, 1.165) is 97.7 Å². The molecule has 1 unspecified atom stereocenters. The summed E-state index contributed by atoms with van der Waals surface area (Å²) in [6, 6.07) is 22.5. The van der Waals surface area contributed by atoms with Crippen molar-refractivity contribution in [3.05, 3.63) is 117 Å². The molecule has 2 atom stereocenters. The molecule has 50 heavy (non-hydrogen) atoms. The highest BCUT2D eigenvalue weighted by molar-refractivity contribution is 6.31. The number of unbranched alkanes of at least 4 members (excludes halogenated alkanes) is 4. The fourth-order valence-electron chi connectivity index (χ4n) is 7.24. The summed E-state index contributed by atoms with van der Waals surface area (Å²) >= 11 is 6.23. The molecule has 1 aromatic heterocycles. The van der Waals surface area contributed by atoms with Crippen LogP contribution in [0, 0.1) is 11.1 Å². The van der Waals surface area contributed by atoms with Gasteiger partial charge < -0.3 is 24.3 Å². The van der Waals surface area contributed by atoms with Gasteiger partial charge in [0, 0.05) is 23.7 Å². The van der Waals surface area contributed by atoms with Crippen molar-refractivity contribution in [2.24, 2.45) is 5.92 Å². The van der Waals surface area contributed by atoms with Crippen molar-refractivity contribution in [3.63, 3.8) is 0 Å². The fourth-order valence-corrected chi connectivity index (χ4v) is 7.41. The van der Waals surface area contributed by atoms with Gasteiger partial charge in [-0.15, -0.1) is 0 Å². The maximum absolute atomic E-state index is 13.7. The van der Waals surface area contributed by atoms with Crippen LogP contribution in [0.5, 0.6) is 5.75 Å². The van der Waals surface area contributed by atoms with Crippen molar-refractivity contribution >= 4 is 28.7 Å². The monoisotopic (exact) mass is 694 g/mol. The van der Waals surface area contributed by atoms with Crippen LogP contribution in [0.15, 0.2) is 101 Å². The molecule has 7 rings (SSSR count). The number of hydroxylamine groups is 1. The molecule has 0 N–H and O–H groups in total. The second-order valence-corrected chi connectivity index (χ2v) is 13.6. The molecule has 260 valence electrons. The van der Waals surface area contributed by atoms with Gasteiger partial charge in [-0.3, -0.25) is 9.36 Å². The molecule has 0 fully saturated rings. The molecule has 0 bridgehead atoms. The second kappa shape index (κ2) is 15.5. The largest absolute Gasteiger partial charge is 0.618 e. The van der Waals surface area contributed by atoms with Crippen molar-refractivity contribution in [2.75, 3.05) is 33.4 Å². The molecule has 0 amide bonds. The average molecular weight is 695 g/mol. The minimum Gasteiger partial charge on any atom is -0.618 e. The van der Waals surface area contributed by atoms with Crippen molar-refractivity contribution < 1.29 is 18.9 Å². The van der Waals surface area contributed by atoms with Crippen LogP contribution < -0.4 is 10.3 Å². The minimum absolute atomic E-state index is 0.145. The van der Waals surface area contributed by atoms with Gasteiger partial charge in [0.2, 0.25) is 6.21 Å². The highest BCUT2D eigenvalue weighted by Gasteiger charge is 2.40. The van der Waals surface area contributed by atoms with Gasteiger partial charge in [-0.25, -0.2) is 4.98 Å². The van der Waals surface area contributed by atoms with Gasteiger partial charge in [0.15, 0.2) is 11.5 Å². The Morgan fingerprint density at radius 2 is 1.74 bits per heavy atom. The van der Waals surface area contributed by atoms with Crippen molar-refractivity contribution in [2.45, 2.75) is 57.5 Å². The number of benzene rings is 3. The molecule has 1 aliphatic carbocycles. The third kappa shape index (κ3) is 7.30. The number of allylic oxidation sites excluding steroid dienone is 2. The van der Waals surface area contributed by atoms with Gasteiger partial charge in [-0.2, -0.15) is 4.74 Å². The van der Waals surface area contributed by atoms with Crippen LogP contribution in [0.3, 0.4) is 0 Å². The summed E-state index contributed by atoms with van der Waals surface area (Å²) in [4.78, 5) is 20.8. The number of methoxy groups -OCH3 is 1. The highest BCUT2D eigenvalue weighted by atomic mass is 35.5. The zero-order valence-corrected chi connectivity index (χ0v) is 29.2. The lowest BCUT2D eigenvalue weighted by molar-refractivity contribution is -0.405. The van der Waals surface area contributed by atoms with Crippen LogP contribution in [0.2, 0.25) is 5.02 Å². The number of fused-ring (bicyclic) bond motifs is 3. The van der Waals surface area contributed by atoms with Crippen molar-refractivity contribution in [3.8, 4) is 22.8 Å². The minimum atomic E-state index is -0.175. The number of aromatic nitrogens is 2. The summed E-state index contributed by atoms with van der Waals surface area (Å²) in [6.45, 7) is 2.84. The molecule has 3 heterocycles. The molecule has 0 radical (unpaired) electrons. The van der Waals surface area contributed by atoms with Gasteiger partial charge in [0.25, 0.3) is 5.56 Å². The Labute approximate surface area is 297 Å². The molecule has 3 aromatic carbocycles. The summed E-state index contributed by atoms with van der Waals surface area (Å²) < 4.78 is 20.7. The zero-order chi connectivity index (χ0) is 34.5. The summed E-state index contributed by atoms with van der Waals surface area (Å²) in [5.41, 5.74) is 3.74. The van der Waals surface area contributed by atoms with Gasteiger partial charge >= 0.3 is 0 Å². The molecule has 0 saturated heterocycles. The van der Waals surface area contributed by atoms with E-state index in [-0.39, 0.29) is 17.6 Å². The summed E-state index contributed by atoms with van der Waals surface area (Å²) in [5.74, 6) is 2.35. The number of halogens is 1. The Bertz CT molecular complexity index is 1970. The summed E-state index contributed by atoms with van der Waals surface area (Å²) in [7, 11) is 1.67. The van der Waals surface area contributed by atoms with Crippen LogP contribution >= 0.6 is 11.6 Å². The Balaban J connectivity index is 0.872. The van der Waals surface area contributed by atoms with Crippen LogP contribution in [0.4, 0.5) is 0 Å². The van der Waals surface area contributed by atoms with Gasteiger partial charge in [-0.1, -0.05) is 61.2 Å². The summed E-state index contributed by atoms with van der Waals surface area (Å²) in [5, 5.41) is 13.8. The molecular formula is C40H43ClN4O5. The Kier molecular flexibility index (Phi) is 10.5. The van der Waals surface area contributed by atoms with Crippen LogP contribution in [-0.2, 0) is 9.47 Å². The lowest BCUT2D eigenvalue weighted by atomic mass is 9.92. The molecule has 3 aliphatic rings. The number of hydrogen-bond donors (Lipinski definition) is 0. The van der Waals surface area contributed by atoms with Crippen LogP contribution in [-0.4, -0.2) is 64.9 Å². The van der Waals surface area contributed by atoms with Gasteiger partial charge in [0.05, 0.1) is 42.8 Å². The number of ether oxygens (including phenoxy) is 3. The van der Waals surface area contributed by atoms with Crippen molar-refractivity contribution in [1.82, 2.24) is 14.5 Å². The van der Waals surface area contributed by atoms with Gasteiger partial charge in [0.1, 0.15) is 23.4 Å². The van der Waals surface area contributed by atoms with E-state index in [0.29, 0.717) is 40.7 Å². The van der Waals surface area contributed by atoms with E-state index in [1.807, 2.05) is 54.6 Å². The predicted molar refractivity (Wildman–Crippen MR) is 197 cm³/mol. The molecule has 0 spiro atoms. The molecule has 2 aliphatic heterocycles. The lowest BCUT2D eigenvalue weighted by Gasteiger charge is -2.25. The first-order valence-electron chi connectivity index (χ1n) is 17.7. The molecule has 0 saturated carbocycles. The fraction of sp³-hybridized carbons (Fsp3) is 0.375. The predicted octanol–water partition coefficient (Wildman–Crippen LogP) is 7.87. The first-order valence-corrected chi connectivity index (χ1v) is 18.0. The van der Waals surface area contributed by atoms with E-state index >= 15 is 0 Å². The normalized spacial score (nSPS) is 18.7. The Morgan fingerprint density at radius 1 is 0.960 bits per heavy atom. The topological polar surface area (TPSA) is 91.9 Å². The summed E-state index contributed by atoms with van der Waals surface area (Å²) in [6.07, 6.45) is 11.9. The lowest BCUT2D eigenvalue weighted by Crippen LogP contribution is -2.31. The first kappa shape index (κ1) is 33.9. The third-order valence-electron chi connectivity index (χ3n) is 9.79. The van der Waals surface area contributed by atoms with E-state index in [4.69, 9.17) is 30.8 Å². The maximum Gasteiger partial charge on any atom is 0.266 e.